The van der Waals surface area contributed by atoms with Gasteiger partial charge in [-0.05, 0) is 63.1 Å². The van der Waals surface area contributed by atoms with E-state index < -0.39 is 0 Å². The molecular weight excluding hydrogens is 368 g/mol. The summed E-state index contributed by atoms with van der Waals surface area (Å²) in [5.74, 6) is 0.961. The summed E-state index contributed by atoms with van der Waals surface area (Å²) in [6.45, 7) is 7.11. The molecule has 1 spiro atoms. The third-order valence-electron chi connectivity index (χ3n) is 6.47. The number of rotatable bonds is 7. The van der Waals surface area contributed by atoms with Gasteiger partial charge in [-0.1, -0.05) is 12.1 Å². The van der Waals surface area contributed by atoms with E-state index in [1.807, 2.05) is 6.92 Å². The molecule has 6 nitrogen and oxygen atoms in total. The van der Waals surface area contributed by atoms with Crippen LogP contribution in [0, 0.1) is 0 Å². The maximum Gasteiger partial charge on any atom is 0.249 e. The molecule has 1 aromatic carbocycles. The molecule has 0 unspecified atom stereocenters. The SMILES string of the molecule is CCOc1ccc(CN2CCC3(CC[C@H](CNC(=O)[C@H]4CCCO4)O3)CC2)cc1. The molecule has 29 heavy (non-hydrogen) atoms. The van der Waals surface area contributed by atoms with E-state index in [1.54, 1.807) is 0 Å². The topological polar surface area (TPSA) is 60.0 Å². The zero-order valence-corrected chi connectivity index (χ0v) is 17.5. The van der Waals surface area contributed by atoms with Crippen molar-refractivity contribution in [3.63, 3.8) is 0 Å². The van der Waals surface area contributed by atoms with Crippen LogP contribution in [0.3, 0.4) is 0 Å². The number of piperidine rings is 1. The van der Waals surface area contributed by atoms with Crippen molar-refractivity contribution < 1.29 is 19.0 Å². The van der Waals surface area contributed by atoms with Crippen LogP contribution in [0.5, 0.6) is 5.75 Å². The fourth-order valence-electron chi connectivity index (χ4n) is 4.75. The zero-order valence-electron chi connectivity index (χ0n) is 17.5. The molecule has 3 aliphatic rings. The van der Waals surface area contributed by atoms with E-state index in [2.05, 4.69) is 34.5 Å². The zero-order chi connectivity index (χ0) is 20.1. The van der Waals surface area contributed by atoms with Gasteiger partial charge in [0, 0.05) is 32.8 Å². The van der Waals surface area contributed by atoms with Gasteiger partial charge in [-0.15, -0.1) is 0 Å². The van der Waals surface area contributed by atoms with E-state index in [9.17, 15) is 4.79 Å². The molecule has 3 aliphatic heterocycles. The standard InChI is InChI=1S/C23H34N2O4/c1-2-27-19-7-5-18(6-8-19)17-25-13-11-23(12-14-25)10-9-20(29-23)16-24-22(26)21-4-3-15-28-21/h5-8,20-21H,2-4,9-17H2,1H3,(H,24,26)/t20-,21-/m1/s1. The van der Waals surface area contributed by atoms with Gasteiger partial charge in [0.2, 0.25) is 5.91 Å². The summed E-state index contributed by atoms with van der Waals surface area (Å²) in [5, 5.41) is 3.03. The molecule has 0 saturated carbocycles. The lowest BCUT2D eigenvalue weighted by atomic mass is 9.88. The Morgan fingerprint density at radius 1 is 1.21 bits per heavy atom. The largest absolute Gasteiger partial charge is 0.494 e. The van der Waals surface area contributed by atoms with Crippen molar-refractivity contribution in [2.24, 2.45) is 0 Å². The highest BCUT2D eigenvalue weighted by Gasteiger charge is 2.42. The molecule has 2 atom stereocenters. The van der Waals surface area contributed by atoms with Crippen molar-refractivity contribution in [2.45, 2.75) is 69.8 Å². The summed E-state index contributed by atoms with van der Waals surface area (Å²) in [5.41, 5.74) is 1.33. The fraction of sp³-hybridized carbons (Fsp3) is 0.696. The second-order valence-electron chi connectivity index (χ2n) is 8.56. The minimum absolute atomic E-state index is 0.00851. The van der Waals surface area contributed by atoms with Crippen LogP contribution in [-0.4, -0.2) is 61.5 Å². The Morgan fingerprint density at radius 3 is 2.69 bits per heavy atom. The Morgan fingerprint density at radius 2 is 2.00 bits per heavy atom. The van der Waals surface area contributed by atoms with Gasteiger partial charge >= 0.3 is 0 Å². The summed E-state index contributed by atoms with van der Waals surface area (Å²) in [6.07, 6.45) is 5.98. The second-order valence-corrected chi connectivity index (χ2v) is 8.56. The number of hydrogen-bond donors (Lipinski definition) is 1. The third kappa shape index (κ3) is 5.30. The van der Waals surface area contributed by atoms with E-state index in [-0.39, 0.29) is 23.7 Å². The molecule has 160 valence electrons. The molecule has 3 heterocycles. The van der Waals surface area contributed by atoms with Crippen molar-refractivity contribution in [1.29, 1.82) is 0 Å². The van der Waals surface area contributed by atoms with Crippen molar-refractivity contribution in [1.82, 2.24) is 10.2 Å². The Bertz CT molecular complexity index is 664. The second kappa shape index (κ2) is 9.45. The van der Waals surface area contributed by atoms with Crippen LogP contribution >= 0.6 is 0 Å². The lowest BCUT2D eigenvalue weighted by molar-refractivity contribution is -0.131. The maximum absolute atomic E-state index is 12.1. The average Bonchev–Trinajstić information content (AvgIpc) is 3.41. The number of amides is 1. The lowest BCUT2D eigenvalue weighted by Gasteiger charge is -2.39. The van der Waals surface area contributed by atoms with Gasteiger partial charge in [0.05, 0.1) is 18.3 Å². The summed E-state index contributed by atoms with van der Waals surface area (Å²) < 4.78 is 17.4. The average molecular weight is 403 g/mol. The van der Waals surface area contributed by atoms with Crippen molar-refractivity contribution in [2.75, 3.05) is 32.8 Å². The Balaban J connectivity index is 1.19. The van der Waals surface area contributed by atoms with Gasteiger partial charge in [-0.3, -0.25) is 9.69 Å². The first-order valence-corrected chi connectivity index (χ1v) is 11.2. The highest BCUT2D eigenvalue weighted by Crippen LogP contribution is 2.39. The van der Waals surface area contributed by atoms with E-state index >= 15 is 0 Å². The molecule has 0 aromatic heterocycles. The van der Waals surface area contributed by atoms with Crippen LogP contribution in [0.15, 0.2) is 24.3 Å². The van der Waals surface area contributed by atoms with Gasteiger partial charge in [-0.2, -0.15) is 0 Å². The minimum Gasteiger partial charge on any atom is -0.494 e. The first-order chi connectivity index (χ1) is 14.2. The number of carbonyl (C=O) groups excluding carboxylic acids is 1. The molecular formula is C23H34N2O4. The quantitative estimate of drug-likeness (QED) is 0.760. The Kier molecular flexibility index (Phi) is 6.73. The van der Waals surface area contributed by atoms with Crippen LogP contribution in [0.4, 0.5) is 0 Å². The van der Waals surface area contributed by atoms with Gasteiger partial charge in [0.1, 0.15) is 11.9 Å². The predicted octanol–water partition coefficient (Wildman–Crippen LogP) is 2.89. The molecule has 1 aromatic rings. The third-order valence-corrected chi connectivity index (χ3v) is 6.47. The first-order valence-electron chi connectivity index (χ1n) is 11.2. The maximum atomic E-state index is 12.1. The first kappa shape index (κ1) is 20.6. The molecule has 1 amide bonds. The highest BCUT2D eigenvalue weighted by atomic mass is 16.5. The van der Waals surface area contributed by atoms with E-state index in [0.29, 0.717) is 19.8 Å². The Hall–Kier alpha value is -1.63. The molecule has 4 rings (SSSR count). The molecule has 6 heteroatoms. The number of nitrogens with one attached hydrogen (secondary N) is 1. The van der Waals surface area contributed by atoms with Crippen LogP contribution in [0.1, 0.15) is 51.0 Å². The van der Waals surface area contributed by atoms with E-state index in [0.717, 1.165) is 63.9 Å². The lowest BCUT2D eigenvalue weighted by Crippen LogP contribution is -2.45. The highest BCUT2D eigenvalue weighted by molar-refractivity contribution is 5.80. The van der Waals surface area contributed by atoms with Gasteiger partial charge in [0.25, 0.3) is 0 Å². The number of ether oxygens (including phenoxy) is 3. The normalized spacial score (nSPS) is 26.7. The Labute approximate surface area is 173 Å². The summed E-state index contributed by atoms with van der Waals surface area (Å²) >= 11 is 0. The fourth-order valence-corrected chi connectivity index (χ4v) is 4.75. The summed E-state index contributed by atoms with van der Waals surface area (Å²) in [7, 11) is 0. The molecule has 3 fully saturated rings. The van der Waals surface area contributed by atoms with Crippen LogP contribution in [0.2, 0.25) is 0 Å². The molecule has 0 aliphatic carbocycles. The number of likely N-dealkylation sites (tertiary alicyclic amines) is 1. The van der Waals surface area contributed by atoms with Crippen molar-refractivity contribution in [3.8, 4) is 5.75 Å². The summed E-state index contributed by atoms with van der Waals surface area (Å²) in [4.78, 5) is 14.6. The monoisotopic (exact) mass is 402 g/mol. The molecule has 1 N–H and O–H groups in total. The van der Waals surface area contributed by atoms with Gasteiger partial charge in [0.15, 0.2) is 0 Å². The number of hydrogen-bond acceptors (Lipinski definition) is 5. The van der Waals surface area contributed by atoms with Crippen molar-refractivity contribution in [3.05, 3.63) is 29.8 Å². The predicted molar refractivity (Wildman–Crippen MR) is 111 cm³/mol. The number of nitrogens with zero attached hydrogens (tertiary/aromatic N) is 1. The smallest absolute Gasteiger partial charge is 0.249 e. The van der Waals surface area contributed by atoms with Crippen molar-refractivity contribution >= 4 is 5.91 Å². The summed E-state index contributed by atoms with van der Waals surface area (Å²) in [6, 6.07) is 8.43. The molecule has 3 saturated heterocycles. The molecule has 0 bridgehead atoms. The van der Waals surface area contributed by atoms with E-state index in [4.69, 9.17) is 14.2 Å². The minimum atomic E-state index is -0.254. The number of carbonyl (C=O) groups is 1. The van der Waals surface area contributed by atoms with Gasteiger partial charge in [-0.25, -0.2) is 0 Å². The van der Waals surface area contributed by atoms with Crippen LogP contribution in [-0.2, 0) is 20.8 Å². The van der Waals surface area contributed by atoms with Gasteiger partial charge < -0.3 is 19.5 Å². The molecule has 0 radical (unpaired) electrons. The van der Waals surface area contributed by atoms with E-state index in [1.165, 1.54) is 5.56 Å². The van der Waals surface area contributed by atoms with Crippen LogP contribution in [0.25, 0.3) is 0 Å². The number of benzene rings is 1. The van der Waals surface area contributed by atoms with Crippen LogP contribution < -0.4 is 10.1 Å².